The van der Waals surface area contributed by atoms with E-state index >= 15 is 0 Å². The Labute approximate surface area is 306 Å². The number of hydrogen-bond donors (Lipinski definition) is 0. The van der Waals surface area contributed by atoms with Gasteiger partial charge >= 0.3 is 92.9 Å². The molecule has 0 aromatic heterocycles. The zero-order valence-corrected chi connectivity index (χ0v) is 31.9. The third-order valence-corrected chi connectivity index (χ3v) is 7.40. The Bertz CT molecular complexity index is 456. The fourth-order valence-electron chi connectivity index (χ4n) is 4.09. The smallest absolute Gasteiger partial charge is 1.00 e. The fourth-order valence-corrected chi connectivity index (χ4v) is 4.66. The second-order valence-electron chi connectivity index (χ2n) is 9.52. The first kappa shape index (κ1) is 44.8. The molecule has 0 heterocycles. The summed E-state index contributed by atoms with van der Waals surface area (Å²) >= 11 is 2.14. The van der Waals surface area contributed by atoms with Crippen molar-refractivity contribution in [3.05, 3.63) is 0 Å². The van der Waals surface area contributed by atoms with Gasteiger partial charge in [0.25, 0.3) is 0 Å². The quantitative estimate of drug-likeness (QED) is 0.0381. The van der Waals surface area contributed by atoms with Crippen molar-refractivity contribution < 1.29 is 98.1 Å². The van der Waals surface area contributed by atoms with Crippen molar-refractivity contribution in [2.45, 2.75) is 165 Å². The normalized spacial score (nSPS) is 11.1. The van der Waals surface area contributed by atoms with Gasteiger partial charge in [-0.1, -0.05) is 165 Å². The molecular formula is C28H56ClIKNaO3. The standard InChI is InChI=1S/C28H53IO3.ClH.K.Na.2H/c1-3-5-7-9-11-13-15-17-19-21-23-25-27(30)32-28(31)26(29)24-22-20-18-16-14-12-10-8-6-4-2;;;;;/h26H,3-25H2,1-2H3;1H;;;;/q;;2*+1;2*-1. The van der Waals surface area contributed by atoms with E-state index in [0.717, 1.165) is 25.7 Å². The van der Waals surface area contributed by atoms with Crippen LogP contribution in [0.15, 0.2) is 0 Å². The molecule has 0 aliphatic rings. The number of alkyl halides is 1. The third-order valence-electron chi connectivity index (χ3n) is 6.27. The largest absolute Gasteiger partial charge is 1.00 e. The minimum absolute atomic E-state index is 0. The first-order chi connectivity index (χ1) is 15.6. The summed E-state index contributed by atoms with van der Waals surface area (Å²) in [5.74, 6) is -0.676. The molecule has 0 aliphatic carbocycles. The van der Waals surface area contributed by atoms with Crippen molar-refractivity contribution in [3.8, 4) is 0 Å². The van der Waals surface area contributed by atoms with Gasteiger partial charge in [-0.25, -0.2) is 0 Å². The van der Waals surface area contributed by atoms with E-state index < -0.39 is 0 Å². The molecule has 1 atom stereocenters. The van der Waals surface area contributed by atoms with Crippen LogP contribution in [-0.2, 0) is 14.3 Å². The van der Waals surface area contributed by atoms with Gasteiger partial charge in [0.1, 0.15) is 3.92 Å². The summed E-state index contributed by atoms with van der Waals surface area (Å²) in [6.07, 6.45) is 27.9. The van der Waals surface area contributed by atoms with Gasteiger partial charge in [-0.3, -0.25) is 9.59 Å². The van der Waals surface area contributed by atoms with Crippen LogP contribution < -0.4 is 80.9 Å². The van der Waals surface area contributed by atoms with Crippen LogP contribution in [0, 0.1) is 0 Å². The van der Waals surface area contributed by atoms with E-state index in [1.165, 1.54) is 116 Å². The van der Waals surface area contributed by atoms with Gasteiger partial charge in [-0.2, -0.15) is 0 Å². The molecule has 0 spiro atoms. The van der Waals surface area contributed by atoms with Crippen molar-refractivity contribution in [3.63, 3.8) is 0 Å². The Morgan fingerprint density at radius 3 is 1.31 bits per heavy atom. The molecule has 35 heavy (non-hydrogen) atoms. The van der Waals surface area contributed by atoms with Crippen LogP contribution in [0.2, 0.25) is 0 Å². The number of carbonyl (C=O) groups is 2. The third kappa shape index (κ3) is 34.8. The molecule has 0 fully saturated rings. The van der Waals surface area contributed by atoms with E-state index in [1.807, 2.05) is 0 Å². The van der Waals surface area contributed by atoms with Gasteiger partial charge < -0.3 is 7.59 Å². The van der Waals surface area contributed by atoms with Crippen molar-refractivity contribution >= 4 is 46.9 Å². The molecule has 202 valence electrons. The average molecular weight is 665 g/mol. The number of hydrogen-bond acceptors (Lipinski definition) is 3. The first-order valence-corrected chi connectivity index (χ1v) is 15.2. The first-order valence-electron chi connectivity index (χ1n) is 14.0. The van der Waals surface area contributed by atoms with E-state index in [1.54, 1.807) is 0 Å². The summed E-state index contributed by atoms with van der Waals surface area (Å²) in [4.78, 5) is 24.0. The summed E-state index contributed by atoms with van der Waals surface area (Å²) in [6, 6.07) is 0. The second kappa shape index (κ2) is 36.8. The summed E-state index contributed by atoms with van der Waals surface area (Å²) in [6.45, 7) is 4.51. The van der Waals surface area contributed by atoms with Crippen LogP contribution in [0.1, 0.15) is 164 Å². The van der Waals surface area contributed by atoms with E-state index in [4.69, 9.17) is 4.74 Å². The average Bonchev–Trinajstić information content (AvgIpc) is 2.78. The Kier molecular flexibility index (Phi) is 47.1. The molecule has 0 aromatic rings. The van der Waals surface area contributed by atoms with Gasteiger partial charge in [0.15, 0.2) is 0 Å². The number of ether oxygens (including phenoxy) is 1. The molecule has 0 saturated carbocycles. The Morgan fingerprint density at radius 1 is 0.629 bits per heavy atom. The monoisotopic (exact) mass is 664 g/mol. The summed E-state index contributed by atoms with van der Waals surface area (Å²) in [5.41, 5.74) is 0. The molecule has 1 unspecified atom stereocenters. The zero-order valence-electron chi connectivity index (χ0n) is 25.9. The van der Waals surface area contributed by atoms with Crippen LogP contribution in [0.5, 0.6) is 0 Å². The van der Waals surface area contributed by atoms with Crippen LogP contribution >= 0.6 is 35.0 Å². The Hall–Kier alpha value is 2.80. The molecule has 0 radical (unpaired) electrons. The van der Waals surface area contributed by atoms with Gasteiger partial charge in [0.2, 0.25) is 0 Å². The van der Waals surface area contributed by atoms with E-state index in [9.17, 15) is 9.59 Å². The Morgan fingerprint density at radius 2 is 0.943 bits per heavy atom. The molecule has 0 saturated heterocycles. The van der Waals surface area contributed by atoms with Gasteiger partial charge in [0, 0.05) is 6.42 Å². The maximum Gasteiger partial charge on any atom is 1.00 e. The number of halogens is 2. The zero-order chi connectivity index (χ0) is 23.7. The van der Waals surface area contributed by atoms with Crippen LogP contribution in [0.25, 0.3) is 0 Å². The van der Waals surface area contributed by atoms with Crippen LogP contribution in [-0.4, -0.2) is 15.9 Å². The van der Waals surface area contributed by atoms with Gasteiger partial charge in [-0.15, -0.1) is 12.4 Å². The number of carbonyl (C=O) groups excluding carboxylic acids is 2. The topological polar surface area (TPSA) is 43.4 Å². The van der Waals surface area contributed by atoms with Crippen molar-refractivity contribution in [2.24, 2.45) is 0 Å². The summed E-state index contributed by atoms with van der Waals surface area (Å²) in [7, 11) is 0. The maximum atomic E-state index is 12.1. The molecule has 0 N–H and O–H groups in total. The van der Waals surface area contributed by atoms with Crippen molar-refractivity contribution in [1.29, 1.82) is 0 Å². The Balaban J connectivity index is -0.000000480. The SMILES string of the molecule is CCCCCCCCCCCCCC(=O)OC(=O)C(I)CCCCCCCCCCCC.Cl.[H-].[H-].[K+].[Na+]. The van der Waals surface area contributed by atoms with Crippen molar-refractivity contribution in [1.82, 2.24) is 0 Å². The van der Waals surface area contributed by atoms with E-state index in [2.05, 4.69) is 36.4 Å². The van der Waals surface area contributed by atoms with Crippen LogP contribution in [0.4, 0.5) is 0 Å². The molecule has 0 bridgehead atoms. The minimum Gasteiger partial charge on any atom is -1.00 e. The van der Waals surface area contributed by atoms with Crippen molar-refractivity contribution in [2.75, 3.05) is 0 Å². The second-order valence-corrected chi connectivity index (χ2v) is 11.0. The molecule has 0 amide bonds. The van der Waals surface area contributed by atoms with Crippen LogP contribution in [0.3, 0.4) is 0 Å². The summed E-state index contributed by atoms with van der Waals surface area (Å²) < 4.78 is 4.87. The molecular weight excluding hydrogens is 609 g/mol. The molecule has 7 heteroatoms. The number of unbranched alkanes of at least 4 members (excludes halogenated alkanes) is 19. The predicted molar refractivity (Wildman–Crippen MR) is 156 cm³/mol. The molecule has 0 rings (SSSR count). The van der Waals surface area contributed by atoms with E-state index in [-0.39, 0.29) is 112 Å². The molecule has 3 nitrogen and oxygen atoms in total. The summed E-state index contributed by atoms with van der Waals surface area (Å²) in [5, 5.41) is 0. The van der Waals surface area contributed by atoms with E-state index in [0.29, 0.717) is 6.42 Å². The number of rotatable bonds is 24. The molecule has 0 aliphatic heterocycles. The minimum atomic E-state index is -0.338. The maximum absolute atomic E-state index is 12.1. The number of esters is 2. The predicted octanol–water partition coefficient (Wildman–Crippen LogP) is 4.53. The van der Waals surface area contributed by atoms with Gasteiger partial charge in [-0.05, 0) is 12.8 Å². The van der Waals surface area contributed by atoms with Gasteiger partial charge in [0.05, 0.1) is 0 Å². The fraction of sp³-hybridized carbons (Fsp3) is 0.929. The molecule has 0 aromatic carbocycles.